The van der Waals surface area contributed by atoms with E-state index in [1.807, 2.05) is 20.8 Å². The fourth-order valence-corrected chi connectivity index (χ4v) is 3.36. The molecule has 0 unspecified atom stereocenters. The molecular formula is C23H29FN2O. The van der Waals surface area contributed by atoms with Gasteiger partial charge in [0.1, 0.15) is 5.82 Å². The molecule has 0 atom stereocenters. The number of benzene rings is 2. The van der Waals surface area contributed by atoms with Crippen LogP contribution >= 0.6 is 0 Å². The van der Waals surface area contributed by atoms with Crippen molar-refractivity contribution in [1.29, 1.82) is 0 Å². The topological polar surface area (TPSA) is 23.6 Å². The van der Waals surface area contributed by atoms with E-state index in [0.29, 0.717) is 12.6 Å². The summed E-state index contributed by atoms with van der Waals surface area (Å²) in [6, 6.07) is 15.2. The maximum Gasteiger partial charge on any atom is 0.232 e. The molecule has 3 rings (SSSR count). The highest BCUT2D eigenvalue weighted by atomic mass is 19.1. The molecule has 0 saturated heterocycles. The standard InChI is InChI=1S/C23H29FN2O/c1-5-25(19-13-14-19)21-8-6-7-17(15-21)16-26(22(27)23(2,3)4)20-11-9-18(24)10-12-20/h6-12,15,19H,5,13-14,16H2,1-4H3. The van der Waals surface area contributed by atoms with Gasteiger partial charge in [0.2, 0.25) is 5.91 Å². The van der Waals surface area contributed by atoms with Gasteiger partial charge in [0, 0.05) is 29.4 Å². The number of hydrogen-bond donors (Lipinski definition) is 0. The van der Waals surface area contributed by atoms with E-state index in [4.69, 9.17) is 0 Å². The Morgan fingerprint density at radius 3 is 2.30 bits per heavy atom. The van der Waals surface area contributed by atoms with Crippen LogP contribution in [0.1, 0.15) is 46.1 Å². The van der Waals surface area contributed by atoms with Crippen LogP contribution in [-0.4, -0.2) is 18.5 Å². The summed E-state index contributed by atoms with van der Waals surface area (Å²) in [5.41, 5.74) is 2.49. The molecule has 3 nitrogen and oxygen atoms in total. The molecule has 1 saturated carbocycles. The van der Waals surface area contributed by atoms with E-state index in [-0.39, 0.29) is 11.7 Å². The third-order valence-corrected chi connectivity index (χ3v) is 4.94. The lowest BCUT2D eigenvalue weighted by Crippen LogP contribution is -2.39. The normalized spacial score (nSPS) is 14.1. The number of carbonyl (C=O) groups is 1. The fraction of sp³-hybridized carbons (Fsp3) is 0.435. The van der Waals surface area contributed by atoms with E-state index in [1.165, 1.54) is 30.7 Å². The minimum absolute atomic E-state index is 0.0223. The van der Waals surface area contributed by atoms with Crippen LogP contribution in [0.2, 0.25) is 0 Å². The van der Waals surface area contributed by atoms with Crippen molar-refractivity contribution in [1.82, 2.24) is 0 Å². The van der Waals surface area contributed by atoms with Crippen molar-refractivity contribution < 1.29 is 9.18 Å². The van der Waals surface area contributed by atoms with Gasteiger partial charge in [-0.15, -0.1) is 0 Å². The summed E-state index contributed by atoms with van der Waals surface area (Å²) < 4.78 is 13.4. The van der Waals surface area contributed by atoms with Crippen LogP contribution in [0.5, 0.6) is 0 Å². The Hall–Kier alpha value is -2.36. The van der Waals surface area contributed by atoms with Crippen LogP contribution in [0.4, 0.5) is 15.8 Å². The molecule has 4 heteroatoms. The maximum absolute atomic E-state index is 13.4. The smallest absolute Gasteiger partial charge is 0.232 e. The van der Waals surface area contributed by atoms with Crippen LogP contribution in [0.3, 0.4) is 0 Å². The van der Waals surface area contributed by atoms with E-state index in [1.54, 1.807) is 17.0 Å². The van der Waals surface area contributed by atoms with E-state index < -0.39 is 5.41 Å². The van der Waals surface area contributed by atoms with Crippen molar-refractivity contribution >= 4 is 17.3 Å². The monoisotopic (exact) mass is 368 g/mol. The Kier molecular flexibility index (Phi) is 5.54. The van der Waals surface area contributed by atoms with Crippen molar-refractivity contribution in [2.75, 3.05) is 16.3 Å². The Morgan fingerprint density at radius 2 is 1.74 bits per heavy atom. The van der Waals surface area contributed by atoms with Gasteiger partial charge in [0.15, 0.2) is 0 Å². The van der Waals surface area contributed by atoms with Gasteiger partial charge in [0.05, 0.1) is 6.54 Å². The zero-order valence-corrected chi connectivity index (χ0v) is 16.7. The summed E-state index contributed by atoms with van der Waals surface area (Å²) in [4.78, 5) is 17.3. The van der Waals surface area contributed by atoms with E-state index in [2.05, 4.69) is 36.1 Å². The number of rotatable bonds is 6. The van der Waals surface area contributed by atoms with Crippen molar-refractivity contribution in [3.63, 3.8) is 0 Å². The molecule has 1 aliphatic carbocycles. The van der Waals surface area contributed by atoms with Crippen LogP contribution in [0.25, 0.3) is 0 Å². The second kappa shape index (κ2) is 7.71. The molecule has 144 valence electrons. The number of nitrogens with zero attached hydrogens (tertiary/aromatic N) is 2. The minimum Gasteiger partial charge on any atom is -0.369 e. The summed E-state index contributed by atoms with van der Waals surface area (Å²) in [6.45, 7) is 9.37. The SMILES string of the molecule is CCN(c1cccc(CN(C(=O)C(C)(C)C)c2ccc(F)cc2)c1)C1CC1. The van der Waals surface area contributed by atoms with Gasteiger partial charge < -0.3 is 9.80 Å². The highest BCUT2D eigenvalue weighted by Gasteiger charge is 2.30. The highest BCUT2D eigenvalue weighted by molar-refractivity contribution is 5.96. The Balaban J connectivity index is 1.90. The van der Waals surface area contributed by atoms with Gasteiger partial charge in [-0.3, -0.25) is 4.79 Å². The quantitative estimate of drug-likeness (QED) is 0.682. The van der Waals surface area contributed by atoms with E-state index in [9.17, 15) is 9.18 Å². The molecule has 2 aromatic rings. The summed E-state index contributed by atoms with van der Waals surface area (Å²) in [5.74, 6) is -0.277. The van der Waals surface area contributed by atoms with Gasteiger partial charge >= 0.3 is 0 Å². The van der Waals surface area contributed by atoms with Crippen molar-refractivity contribution in [2.24, 2.45) is 5.41 Å². The maximum atomic E-state index is 13.4. The summed E-state index contributed by atoms with van der Waals surface area (Å²) in [7, 11) is 0. The van der Waals surface area contributed by atoms with E-state index in [0.717, 1.165) is 17.8 Å². The van der Waals surface area contributed by atoms with Crippen LogP contribution in [0, 0.1) is 11.2 Å². The summed E-state index contributed by atoms with van der Waals surface area (Å²) in [5, 5.41) is 0. The molecule has 1 amide bonds. The van der Waals surface area contributed by atoms with Crippen LogP contribution in [-0.2, 0) is 11.3 Å². The molecule has 0 bridgehead atoms. The van der Waals surface area contributed by atoms with Gasteiger partial charge in [-0.2, -0.15) is 0 Å². The lowest BCUT2D eigenvalue weighted by atomic mass is 9.94. The van der Waals surface area contributed by atoms with Gasteiger partial charge in [0.25, 0.3) is 0 Å². The molecule has 1 aliphatic rings. The number of carbonyl (C=O) groups excluding carboxylic acids is 1. The lowest BCUT2D eigenvalue weighted by Gasteiger charge is -2.30. The Labute approximate surface area is 161 Å². The molecule has 27 heavy (non-hydrogen) atoms. The third-order valence-electron chi connectivity index (χ3n) is 4.94. The number of anilines is 2. The first-order chi connectivity index (χ1) is 12.8. The average Bonchev–Trinajstić information content (AvgIpc) is 3.45. The second-order valence-corrected chi connectivity index (χ2v) is 8.30. The predicted molar refractivity (Wildman–Crippen MR) is 110 cm³/mol. The molecule has 0 radical (unpaired) electrons. The minimum atomic E-state index is -0.518. The molecular weight excluding hydrogens is 339 g/mol. The van der Waals surface area contributed by atoms with Crippen LogP contribution in [0.15, 0.2) is 48.5 Å². The largest absolute Gasteiger partial charge is 0.369 e. The first kappa shape index (κ1) is 19.4. The zero-order chi connectivity index (χ0) is 19.6. The van der Waals surface area contributed by atoms with Crippen molar-refractivity contribution in [2.45, 2.75) is 53.1 Å². The Bertz CT molecular complexity index is 791. The number of halogens is 1. The highest BCUT2D eigenvalue weighted by Crippen LogP contribution is 2.32. The van der Waals surface area contributed by atoms with Crippen molar-refractivity contribution in [3.05, 3.63) is 59.9 Å². The summed E-state index contributed by atoms with van der Waals surface area (Å²) in [6.07, 6.45) is 2.50. The first-order valence-corrected chi connectivity index (χ1v) is 9.72. The van der Waals surface area contributed by atoms with Gasteiger partial charge in [-0.25, -0.2) is 4.39 Å². The number of amides is 1. The molecule has 2 aromatic carbocycles. The third kappa shape index (κ3) is 4.68. The van der Waals surface area contributed by atoms with Crippen molar-refractivity contribution in [3.8, 4) is 0 Å². The number of hydrogen-bond acceptors (Lipinski definition) is 2. The Morgan fingerprint density at radius 1 is 1.07 bits per heavy atom. The predicted octanol–water partition coefficient (Wildman–Crippen LogP) is 5.39. The van der Waals surface area contributed by atoms with Crippen LogP contribution < -0.4 is 9.80 Å². The average molecular weight is 368 g/mol. The molecule has 0 aliphatic heterocycles. The van der Waals surface area contributed by atoms with Gasteiger partial charge in [-0.1, -0.05) is 32.9 Å². The van der Waals surface area contributed by atoms with E-state index >= 15 is 0 Å². The summed E-state index contributed by atoms with van der Waals surface area (Å²) >= 11 is 0. The molecule has 1 fully saturated rings. The molecule has 0 heterocycles. The fourth-order valence-electron chi connectivity index (χ4n) is 3.36. The second-order valence-electron chi connectivity index (χ2n) is 8.30. The molecule has 0 aromatic heterocycles. The lowest BCUT2D eigenvalue weighted by molar-refractivity contribution is -0.125. The zero-order valence-electron chi connectivity index (χ0n) is 16.7. The molecule has 0 spiro atoms. The van der Waals surface area contributed by atoms with Gasteiger partial charge in [-0.05, 0) is 61.7 Å². The molecule has 0 N–H and O–H groups in total. The first-order valence-electron chi connectivity index (χ1n) is 9.72.